The molecule has 130 valence electrons. The first-order valence-corrected chi connectivity index (χ1v) is 8.25. The van der Waals surface area contributed by atoms with Crippen molar-refractivity contribution in [2.24, 2.45) is 0 Å². The Hall–Kier alpha value is -2.82. The number of carbonyl (C=O) groups is 2. The highest BCUT2D eigenvalue weighted by atomic mass is 16.6. The predicted octanol–water partition coefficient (Wildman–Crippen LogP) is 3.66. The van der Waals surface area contributed by atoms with Crippen LogP contribution in [0.1, 0.15) is 29.2 Å². The molecule has 5 nitrogen and oxygen atoms in total. The van der Waals surface area contributed by atoms with Gasteiger partial charge < -0.3 is 9.47 Å². The van der Waals surface area contributed by atoms with Crippen LogP contribution in [0.15, 0.2) is 48.5 Å². The van der Waals surface area contributed by atoms with Crippen molar-refractivity contribution in [1.29, 1.82) is 0 Å². The minimum absolute atomic E-state index is 0.0213. The third-order valence-corrected chi connectivity index (χ3v) is 4.50. The maximum Gasteiger partial charge on any atom is 0.411 e. The van der Waals surface area contributed by atoms with Crippen LogP contribution in [0.2, 0.25) is 0 Å². The number of methoxy groups -OCH3 is 1. The van der Waals surface area contributed by atoms with E-state index in [1.165, 1.54) is 4.90 Å². The van der Waals surface area contributed by atoms with Crippen LogP contribution in [0.4, 0.5) is 4.79 Å². The number of hydrogen-bond acceptors (Lipinski definition) is 4. The third kappa shape index (κ3) is 3.50. The van der Waals surface area contributed by atoms with Crippen LogP contribution in [0.5, 0.6) is 5.75 Å². The van der Waals surface area contributed by atoms with Crippen molar-refractivity contribution in [2.75, 3.05) is 13.7 Å². The normalized spacial score (nSPS) is 16.8. The molecular weight excluding hydrogens is 318 g/mol. The molecule has 0 aromatic heterocycles. The number of amides is 1. The Kier molecular flexibility index (Phi) is 5.03. The summed E-state index contributed by atoms with van der Waals surface area (Å²) in [6.45, 7) is 2.45. The van der Waals surface area contributed by atoms with Crippen LogP contribution in [0, 0.1) is 6.92 Å². The predicted molar refractivity (Wildman–Crippen MR) is 93.4 cm³/mol. The van der Waals surface area contributed by atoms with Crippen molar-refractivity contribution in [3.63, 3.8) is 0 Å². The summed E-state index contributed by atoms with van der Waals surface area (Å²) in [6.07, 6.45) is -0.135. The number of rotatable bonds is 4. The fourth-order valence-electron chi connectivity index (χ4n) is 3.16. The van der Waals surface area contributed by atoms with Gasteiger partial charge in [-0.25, -0.2) is 4.79 Å². The molecule has 5 heteroatoms. The van der Waals surface area contributed by atoms with Gasteiger partial charge in [0.05, 0.1) is 7.11 Å². The number of carbonyl (C=O) groups excluding carboxylic acids is 2. The average Bonchev–Trinajstić information content (AvgIpc) is 3.02. The lowest BCUT2D eigenvalue weighted by atomic mass is 9.98. The van der Waals surface area contributed by atoms with Crippen LogP contribution < -0.4 is 4.74 Å². The molecule has 0 N–H and O–H groups in total. The highest BCUT2D eigenvalue weighted by Gasteiger charge is 2.38. The lowest BCUT2D eigenvalue weighted by Crippen LogP contribution is -2.33. The Balaban J connectivity index is 1.79. The van der Waals surface area contributed by atoms with Gasteiger partial charge in [-0.3, -0.25) is 9.69 Å². The molecule has 1 atom stereocenters. The number of likely N-dealkylation sites (tertiary alicyclic amines) is 1. The van der Waals surface area contributed by atoms with E-state index in [4.69, 9.17) is 9.47 Å². The molecule has 1 saturated heterocycles. The largest absolute Gasteiger partial charge is 0.496 e. The molecule has 1 aliphatic heterocycles. The number of Topliss-reactive ketones (excluding diaryl/α,β-unsaturated/α-hetero) is 1. The lowest BCUT2D eigenvalue weighted by Gasteiger charge is -2.25. The SMILES string of the molecule is COc1cccc([C@@H]2C(=O)CCN2C(=O)OCc2ccccc2)c1C. The van der Waals surface area contributed by atoms with Gasteiger partial charge >= 0.3 is 6.09 Å². The quantitative estimate of drug-likeness (QED) is 0.853. The van der Waals surface area contributed by atoms with Crippen LogP contribution in [0.25, 0.3) is 0 Å². The van der Waals surface area contributed by atoms with E-state index in [0.717, 1.165) is 16.7 Å². The molecule has 1 aliphatic rings. The standard InChI is InChI=1S/C20H21NO4/c1-14-16(9-6-10-18(14)24-2)19-17(22)11-12-21(19)20(23)25-13-15-7-4-3-5-8-15/h3-10,19H,11-13H2,1-2H3/t19-/m1/s1. The maximum absolute atomic E-state index is 12.5. The van der Waals surface area contributed by atoms with Crippen LogP contribution in [-0.2, 0) is 16.1 Å². The van der Waals surface area contributed by atoms with Crippen molar-refractivity contribution in [1.82, 2.24) is 4.90 Å². The minimum Gasteiger partial charge on any atom is -0.496 e. The topological polar surface area (TPSA) is 55.8 Å². The van der Waals surface area contributed by atoms with E-state index in [1.54, 1.807) is 7.11 Å². The van der Waals surface area contributed by atoms with Crippen molar-refractivity contribution < 1.29 is 19.1 Å². The Bertz CT molecular complexity index is 773. The zero-order chi connectivity index (χ0) is 17.8. The van der Waals surface area contributed by atoms with E-state index >= 15 is 0 Å². The summed E-state index contributed by atoms with van der Waals surface area (Å²) < 4.78 is 10.7. The van der Waals surface area contributed by atoms with Gasteiger partial charge in [0.25, 0.3) is 0 Å². The number of ether oxygens (including phenoxy) is 2. The first kappa shape index (κ1) is 17.0. The summed E-state index contributed by atoms with van der Waals surface area (Å²) in [4.78, 5) is 26.5. The second-order valence-corrected chi connectivity index (χ2v) is 6.03. The van der Waals surface area contributed by atoms with E-state index in [9.17, 15) is 9.59 Å². The molecule has 1 amide bonds. The Morgan fingerprint density at radius 1 is 1.16 bits per heavy atom. The Labute approximate surface area is 147 Å². The van der Waals surface area contributed by atoms with Gasteiger partial charge in [-0.15, -0.1) is 0 Å². The monoisotopic (exact) mass is 339 g/mol. The van der Waals surface area contributed by atoms with Crippen molar-refractivity contribution in [2.45, 2.75) is 26.0 Å². The summed E-state index contributed by atoms with van der Waals surface area (Å²) >= 11 is 0. The van der Waals surface area contributed by atoms with E-state index in [-0.39, 0.29) is 12.4 Å². The molecule has 0 radical (unpaired) electrons. The third-order valence-electron chi connectivity index (χ3n) is 4.50. The van der Waals surface area contributed by atoms with Gasteiger partial charge in [-0.1, -0.05) is 42.5 Å². The molecule has 0 unspecified atom stereocenters. The Morgan fingerprint density at radius 2 is 1.92 bits per heavy atom. The molecule has 1 fully saturated rings. The molecule has 0 aliphatic carbocycles. The minimum atomic E-state index is -0.613. The van der Waals surface area contributed by atoms with Crippen LogP contribution in [0.3, 0.4) is 0 Å². The van der Waals surface area contributed by atoms with Crippen LogP contribution in [-0.4, -0.2) is 30.4 Å². The zero-order valence-electron chi connectivity index (χ0n) is 14.4. The molecule has 0 bridgehead atoms. The first-order chi connectivity index (χ1) is 12.1. The number of benzene rings is 2. The van der Waals surface area contributed by atoms with E-state index in [2.05, 4.69) is 0 Å². The first-order valence-electron chi connectivity index (χ1n) is 8.25. The smallest absolute Gasteiger partial charge is 0.411 e. The summed E-state index contributed by atoms with van der Waals surface area (Å²) in [6, 6.07) is 14.4. The molecule has 0 saturated carbocycles. The second kappa shape index (κ2) is 7.38. The molecule has 0 spiro atoms. The maximum atomic E-state index is 12.5. The van der Waals surface area contributed by atoms with Gasteiger partial charge in [0.15, 0.2) is 5.78 Å². The highest BCUT2D eigenvalue weighted by molar-refractivity contribution is 5.92. The summed E-state index contributed by atoms with van der Waals surface area (Å²) in [5, 5.41) is 0. The number of hydrogen-bond donors (Lipinski definition) is 0. The van der Waals surface area contributed by atoms with Gasteiger partial charge in [0, 0.05) is 13.0 Å². The second-order valence-electron chi connectivity index (χ2n) is 6.03. The molecular formula is C20H21NO4. The number of ketones is 1. The van der Waals surface area contributed by atoms with E-state index in [1.807, 2.05) is 55.5 Å². The van der Waals surface area contributed by atoms with Gasteiger partial charge in [-0.2, -0.15) is 0 Å². The molecule has 3 rings (SSSR count). The van der Waals surface area contributed by atoms with Gasteiger partial charge in [-0.05, 0) is 29.7 Å². The van der Waals surface area contributed by atoms with Gasteiger partial charge in [0.2, 0.25) is 0 Å². The van der Waals surface area contributed by atoms with Gasteiger partial charge in [0.1, 0.15) is 18.4 Å². The van der Waals surface area contributed by atoms with Crippen molar-refractivity contribution in [3.8, 4) is 5.75 Å². The van der Waals surface area contributed by atoms with Crippen molar-refractivity contribution in [3.05, 3.63) is 65.2 Å². The van der Waals surface area contributed by atoms with Crippen LogP contribution >= 0.6 is 0 Å². The molecule has 2 aromatic rings. The summed E-state index contributed by atoms with van der Waals surface area (Å²) in [5.41, 5.74) is 2.57. The fourth-order valence-corrected chi connectivity index (χ4v) is 3.16. The summed E-state index contributed by atoms with van der Waals surface area (Å²) in [5.74, 6) is 0.725. The average molecular weight is 339 g/mol. The highest BCUT2D eigenvalue weighted by Crippen LogP contribution is 2.34. The zero-order valence-corrected chi connectivity index (χ0v) is 14.4. The molecule has 2 aromatic carbocycles. The van der Waals surface area contributed by atoms with E-state index < -0.39 is 12.1 Å². The van der Waals surface area contributed by atoms with Crippen molar-refractivity contribution >= 4 is 11.9 Å². The molecule has 25 heavy (non-hydrogen) atoms. The molecule has 1 heterocycles. The van der Waals surface area contributed by atoms with E-state index in [0.29, 0.717) is 18.7 Å². The summed E-state index contributed by atoms with van der Waals surface area (Å²) in [7, 11) is 1.59. The number of nitrogens with zero attached hydrogens (tertiary/aromatic N) is 1. The fraction of sp³-hybridized carbons (Fsp3) is 0.300. The lowest BCUT2D eigenvalue weighted by molar-refractivity contribution is -0.120. The Morgan fingerprint density at radius 3 is 2.64 bits per heavy atom.